The lowest BCUT2D eigenvalue weighted by Gasteiger charge is -2.32. The highest BCUT2D eigenvalue weighted by Gasteiger charge is 2.33. The number of carbonyl (C=O) groups is 4. The van der Waals surface area contributed by atoms with Crippen molar-refractivity contribution in [1.29, 1.82) is 0 Å². The number of rotatable bonds is 10. The molecule has 1 aliphatic heterocycles. The Kier molecular flexibility index (Phi) is 8.48. The zero-order valence-corrected chi connectivity index (χ0v) is 20.5. The van der Waals surface area contributed by atoms with Crippen LogP contribution in [0.15, 0.2) is 77.4 Å². The van der Waals surface area contributed by atoms with Crippen molar-refractivity contribution in [3.63, 3.8) is 0 Å². The van der Waals surface area contributed by atoms with E-state index in [4.69, 9.17) is 9.15 Å². The second-order valence-electron chi connectivity index (χ2n) is 8.72. The number of benzene rings is 2. The third-order valence-corrected chi connectivity index (χ3v) is 6.09. The summed E-state index contributed by atoms with van der Waals surface area (Å²) in [4.78, 5) is 53.1. The van der Waals surface area contributed by atoms with Crippen LogP contribution in [0.5, 0.6) is 0 Å². The van der Waals surface area contributed by atoms with Crippen LogP contribution < -0.4 is 15.5 Å². The summed E-state index contributed by atoms with van der Waals surface area (Å²) >= 11 is 0. The molecular formula is C28H29N3O6. The van der Waals surface area contributed by atoms with E-state index in [0.717, 1.165) is 12.8 Å². The number of carbonyl (C=O) groups excluding carboxylic acids is 4. The van der Waals surface area contributed by atoms with E-state index in [9.17, 15) is 19.2 Å². The van der Waals surface area contributed by atoms with Crippen LogP contribution in [0.3, 0.4) is 0 Å². The molecule has 0 aliphatic carbocycles. The predicted molar refractivity (Wildman–Crippen MR) is 136 cm³/mol. The minimum Gasteiger partial charge on any atom is -0.459 e. The number of furan rings is 1. The van der Waals surface area contributed by atoms with Crippen molar-refractivity contribution < 1.29 is 28.3 Å². The van der Waals surface area contributed by atoms with Crippen LogP contribution in [-0.2, 0) is 14.3 Å². The van der Waals surface area contributed by atoms with Crippen molar-refractivity contribution in [2.24, 2.45) is 0 Å². The van der Waals surface area contributed by atoms with E-state index in [2.05, 4.69) is 10.6 Å². The van der Waals surface area contributed by atoms with Gasteiger partial charge in [0, 0.05) is 24.4 Å². The summed E-state index contributed by atoms with van der Waals surface area (Å²) in [5, 5.41) is 5.48. The maximum atomic E-state index is 13.7. The number of ether oxygens (including phenoxy) is 1. The highest BCUT2D eigenvalue weighted by molar-refractivity contribution is 6.05. The van der Waals surface area contributed by atoms with Gasteiger partial charge in [0.25, 0.3) is 5.91 Å². The van der Waals surface area contributed by atoms with Gasteiger partial charge in [-0.25, -0.2) is 0 Å². The van der Waals surface area contributed by atoms with E-state index < -0.39 is 30.3 Å². The van der Waals surface area contributed by atoms with E-state index in [-0.39, 0.29) is 17.6 Å². The van der Waals surface area contributed by atoms with Gasteiger partial charge in [0.2, 0.25) is 11.8 Å². The molecule has 192 valence electrons. The molecule has 0 radical (unpaired) electrons. The smallest absolute Gasteiger partial charge is 0.287 e. The Morgan fingerprint density at radius 2 is 1.81 bits per heavy atom. The van der Waals surface area contributed by atoms with Crippen LogP contribution in [0.2, 0.25) is 0 Å². The quantitative estimate of drug-likeness (QED) is 0.410. The first-order chi connectivity index (χ1) is 17.9. The molecule has 1 saturated heterocycles. The van der Waals surface area contributed by atoms with Crippen molar-refractivity contribution in [3.05, 3.63) is 89.9 Å². The zero-order valence-electron chi connectivity index (χ0n) is 20.5. The Bertz CT molecular complexity index is 1240. The first kappa shape index (κ1) is 25.8. The number of nitrogens with zero attached hydrogens (tertiary/aromatic N) is 1. The minimum atomic E-state index is -1.06. The van der Waals surface area contributed by atoms with Crippen molar-refractivity contribution in [2.45, 2.75) is 31.9 Å². The second kappa shape index (κ2) is 12.1. The van der Waals surface area contributed by atoms with Gasteiger partial charge in [-0.15, -0.1) is 0 Å². The maximum absolute atomic E-state index is 13.7. The van der Waals surface area contributed by atoms with Crippen LogP contribution in [0.1, 0.15) is 52.3 Å². The fourth-order valence-electron chi connectivity index (χ4n) is 4.22. The summed E-state index contributed by atoms with van der Waals surface area (Å²) in [6.07, 6.45) is 3.05. The number of nitrogens with one attached hydrogen (secondary N) is 2. The Labute approximate surface area is 214 Å². The zero-order chi connectivity index (χ0) is 26.2. The molecule has 2 heterocycles. The summed E-state index contributed by atoms with van der Waals surface area (Å²) < 4.78 is 10.7. The number of ketones is 1. The average Bonchev–Trinajstić information content (AvgIpc) is 3.64. The van der Waals surface area contributed by atoms with Gasteiger partial charge in [0.1, 0.15) is 6.04 Å². The van der Waals surface area contributed by atoms with Crippen LogP contribution in [0.25, 0.3) is 0 Å². The highest BCUT2D eigenvalue weighted by Crippen LogP contribution is 2.29. The molecule has 1 aromatic heterocycles. The molecule has 2 atom stereocenters. The van der Waals surface area contributed by atoms with Gasteiger partial charge in [0.15, 0.2) is 11.5 Å². The van der Waals surface area contributed by atoms with E-state index in [1.54, 1.807) is 54.6 Å². The number of Topliss-reactive ketones (excluding diaryl/α,β-unsaturated/α-hetero) is 1. The van der Waals surface area contributed by atoms with Gasteiger partial charge in [0.05, 0.1) is 18.9 Å². The molecule has 9 heteroatoms. The van der Waals surface area contributed by atoms with Crippen LogP contribution in [0, 0.1) is 0 Å². The van der Waals surface area contributed by atoms with Gasteiger partial charge in [-0.2, -0.15) is 0 Å². The summed E-state index contributed by atoms with van der Waals surface area (Å²) in [5.74, 6) is -1.62. The van der Waals surface area contributed by atoms with E-state index >= 15 is 0 Å². The SMILES string of the molecule is CC(=O)c1cccc(N(C(=O)CNC(=O)c2ccco2)[C@H](C(=O)NC[C@@H]2CCCO2)c2ccccc2)c1. The molecule has 3 amide bonds. The molecule has 0 saturated carbocycles. The fraction of sp³-hybridized carbons (Fsp3) is 0.286. The number of amides is 3. The number of hydrogen-bond acceptors (Lipinski definition) is 6. The Balaban J connectivity index is 1.67. The van der Waals surface area contributed by atoms with E-state index in [1.807, 2.05) is 6.07 Å². The largest absolute Gasteiger partial charge is 0.459 e. The molecule has 2 aromatic carbocycles. The summed E-state index contributed by atoms with van der Waals surface area (Å²) in [6.45, 7) is 2.00. The maximum Gasteiger partial charge on any atom is 0.287 e. The molecule has 1 aliphatic rings. The van der Waals surface area contributed by atoms with Crippen molar-refractivity contribution in [2.75, 3.05) is 24.6 Å². The molecule has 4 rings (SSSR count). The lowest BCUT2D eigenvalue weighted by atomic mass is 10.0. The van der Waals surface area contributed by atoms with Crippen molar-refractivity contribution in [3.8, 4) is 0 Å². The molecule has 37 heavy (non-hydrogen) atoms. The van der Waals surface area contributed by atoms with E-state index in [0.29, 0.717) is 30.0 Å². The predicted octanol–water partition coefficient (Wildman–Crippen LogP) is 3.28. The summed E-state index contributed by atoms with van der Waals surface area (Å²) in [7, 11) is 0. The average molecular weight is 504 g/mol. The standard InChI is InChI=1S/C28H29N3O6/c1-19(32)21-10-5-11-22(16-21)31(25(33)18-30-27(34)24-13-7-15-37-24)26(20-8-3-2-4-9-20)28(35)29-17-23-12-6-14-36-23/h2-5,7-11,13,15-16,23,26H,6,12,14,17-18H2,1H3,(H,29,35)(H,30,34)/t23-,26-/m0/s1. The molecule has 9 nitrogen and oxygen atoms in total. The number of anilines is 1. The topological polar surface area (TPSA) is 118 Å². The minimum absolute atomic E-state index is 0.0619. The fourth-order valence-corrected chi connectivity index (χ4v) is 4.22. The monoisotopic (exact) mass is 503 g/mol. The summed E-state index contributed by atoms with van der Waals surface area (Å²) in [6, 6.07) is 17.4. The van der Waals surface area contributed by atoms with Crippen molar-refractivity contribution >= 4 is 29.2 Å². The Hall–Kier alpha value is -4.24. The number of hydrogen-bond donors (Lipinski definition) is 2. The van der Waals surface area contributed by atoms with Crippen LogP contribution in [0.4, 0.5) is 5.69 Å². The lowest BCUT2D eigenvalue weighted by molar-refractivity contribution is -0.126. The highest BCUT2D eigenvalue weighted by atomic mass is 16.5. The first-order valence-corrected chi connectivity index (χ1v) is 12.1. The molecule has 2 N–H and O–H groups in total. The van der Waals surface area contributed by atoms with Gasteiger partial charge < -0.3 is 19.8 Å². The first-order valence-electron chi connectivity index (χ1n) is 12.1. The summed E-state index contributed by atoms with van der Waals surface area (Å²) in [5.41, 5.74) is 1.32. The third kappa shape index (κ3) is 6.50. The van der Waals surface area contributed by atoms with Crippen LogP contribution >= 0.6 is 0 Å². The lowest BCUT2D eigenvalue weighted by Crippen LogP contribution is -2.48. The molecule has 3 aromatic rings. The van der Waals surface area contributed by atoms with Gasteiger partial charge >= 0.3 is 0 Å². The van der Waals surface area contributed by atoms with Crippen molar-refractivity contribution in [1.82, 2.24) is 10.6 Å². The van der Waals surface area contributed by atoms with E-state index in [1.165, 1.54) is 24.2 Å². The van der Waals surface area contributed by atoms with Gasteiger partial charge in [-0.3, -0.25) is 24.1 Å². The van der Waals surface area contributed by atoms with Gasteiger partial charge in [-0.05, 0) is 49.6 Å². The Morgan fingerprint density at radius 1 is 1.00 bits per heavy atom. The molecule has 0 unspecified atom stereocenters. The third-order valence-electron chi connectivity index (χ3n) is 6.09. The van der Waals surface area contributed by atoms with Gasteiger partial charge in [-0.1, -0.05) is 42.5 Å². The van der Waals surface area contributed by atoms with Crippen LogP contribution in [-0.4, -0.2) is 49.3 Å². The molecule has 1 fully saturated rings. The molecule has 0 bridgehead atoms. The Morgan fingerprint density at radius 3 is 2.49 bits per heavy atom. The molecule has 0 spiro atoms. The molecular weight excluding hydrogens is 474 g/mol. The normalized spacial score (nSPS) is 15.5. The second-order valence-corrected chi connectivity index (χ2v) is 8.72.